The maximum Gasteiger partial charge on any atom is 2.00 e. The van der Waals surface area contributed by atoms with Gasteiger partial charge in [-0.1, -0.05) is 0 Å². The topological polar surface area (TPSA) is 109 Å². The van der Waals surface area contributed by atoms with Crippen molar-refractivity contribution in [2.45, 2.75) is 0 Å². The van der Waals surface area contributed by atoms with Crippen LogP contribution in [0.2, 0.25) is 0 Å². The van der Waals surface area contributed by atoms with E-state index in [1.54, 1.807) is 0 Å². The van der Waals surface area contributed by atoms with Crippen molar-refractivity contribution in [3.63, 3.8) is 0 Å². The van der Waals surface area contributed by atoms with E-state index in [2.05, 4.69) is 0 Å². The zero-order chi connectivity index (χ0) is 4.50. The Hall–Kier alpha value is 3.61. The Morgan fingerprint density at radius 2 is 0.889 bits per heavy atom. The predicted octanol–water partition coefficient (Wildman–Crippen LogP) is -2.60. The molecule has 40 valence electrons. The summed E-state index contributed by atoms with van der Waals surface area (Å²) in [4.78, 5) is 0. The Bertz CT molecular complexity index is 95.4. The Balaban J connectivity index is -0.0000000133. The Morgan fingerprint density at radius 1 is 0.889 bits per heavy atom. The van der Waals surface area contributed by atoms with Gasteiger partial charge in [0.25, 0.3) is 0 Å². The number of rotatable bonds is 0. The Morgan fingerprint density at radius 3 is 0.889 bits per heavy atom. The van der Waals surface area contributed by atoms with Crippen molar-refractivity contribution < 1.29 is 23.0 Å². The van der Waals surface area contributed by atoms with Crippen molar-refractivity contribution >= 4 is 124 Å². The molecule has 0 aliphatic carbocycles. The molecule has 0 aromatic heterocycles. The summed E-state index contributed by atoms with van der Waals surface area (Å²) in [6.07, 6.45) is 0. The third-order valence-electron chi connectivity index (χ3n) is 0. The molecule has 0 aromatic rings. The summed E-state index contributed by atoms with van der Waals surface area (Å²) in [6.45, 7) is 0. The largest absolute Gasteiger partial charge is 2.00 e. The first-order chi connectivity index (χ1) is 2.00. The van der Waals surface area contributed by atoms with E-state index in [-0.39, 0.29) is 119 Å². The van der Waals surface area contributed by atoms with E-state index in [9.17, 15) is 0 Å². The third kappa shape index (κ3) is 82.3. The van der Waals surface area contributed by atoms with E-state index >= 15 is 0 Å². The molecule has 0 atom stereocenters. The summed E-state index contributed by atoms with van der Waals surface area (Å²) >= 11 is 0. The van der Waals surface area contributed by atoms with Gasteiger partial charge in [0, 0.05) is 10.4 Å². The number of hydrogen-bond donors (Lipinski definition) is 0. The van der Waals surface area contributed by atoms with Gasteiger partial charge in [-0.05, 0) is 0 Å². The molecule has 9 heteroatoms. The van der Waals surface area contributed by atoms with Crippen molar-refractivity contribution in [1.29, 1.82) is 0 Å². The summed E-state index contributed by atoms with van der Waals surface area (Å²) in [6, 6.07) is 0. The Labute approximate surface area is 143 Å². The summed E-state index contributed by atoms with van der Waals surface area (Å²) in [5.41, 5.74) is 0. The van der Waals surface area contributed by atoms with Crippen LogP contribution in [0.5, 0.6) is 0 Å². The Kier molecular flexibility index (Phi) is 46.1. The molecular formula is Ca3O5S+2. The van der Waals surface area contributed by atoms with Gasteiger partial charge < -0.3 is 14.6 Å². The van der Waals surface area contributed by atoms with Crippen molar-refractivity contribution in [3.05, 3.63) is 0 Å². The van der Waals surface area contributed by atoms with Gasteiger partial charge >= 0.3 is 113 Å². The molecule has 0 heterocycles. The van der Waals surface area contributed by atoms with E-state index in [4.69, 9.17) is 17.5 Å². The zero-order valence-corrected chi connectivity index (χ0v) is 12.0. The van der Waals surface area contributed by atoms with Crippen LogP contribution < -0.4 is 0 Å². The fourth-order valence-corrected chi connectivity index (χ4v) is 0. The first-order valence-corrected chi connectivity index (χ1v) is 2.00. The summed E-state index contributed by atoms with van der Waals surface area (Å²) < 4.78 is 34.1. The van der Waals surface area contributed by atoms with Gasteiger partial charge in [-0.3, -0.25) is 8.42 Å². The van der Waals surface area contributed by atoms with Gasteiger partial charge in [-0.2, -0.15) is 0 Å². The van der Waals surface area contributed by atoms with E-state index in [1.807, 2.05) is 0 Å². The monoisotopic (exact) mass is 232 g/mol. The average molecular weight is 232 g/mol. The van der Waals surface area contributed by atoms with Gasteiger partial charge in [0.2, 0.25) is 0 Å². The van der Waals surface area contributed by atoms with E-state index in [0.717, 1.165) is 0 Å². The predicted molar refractivity (Wildman–Crippen MR) is 28.4 cm³/mol. The molecule has 0 fully saturated rings. The van der Waals surface area contributed by atoms with Crippen LogP contribution in [-0.4, -0.2) is 131 Å². The molecule has 5 nitrogen and oxygen atoms in total. The molecule has 0 radical (unpaired) electrons. The molecule has 0 aliphatic rings. The van der Waals surface area contributed by atoms with Gasteiger partial charge in [0.05, 0.1) is 0 Å². The molecular weight excluding hydrogens is 232 g/mol. The fraction of sp³-hybridized carbons (Fsp3) is 0. The van der Waals surface area contributed by atoms with Crippen molar-refractivity contribution in [3.8, 4) is 0 Å². The van der Waals surface area contributed by atoms with Gasteiger partial charge in [-0.15, -0.1) is 0 Å². The molecule has 9 heavy (non-hydrogen) atoms. The van der Waals surface area contributed by atoms with E-state index in [0.29, 0.717) is 0 Å². The summed E-state index contributed by atoms with van der Waals surface area (Å²) in [5, 5.41) is 0. The molecule has 0 amide bonds. The first kappa shape index (κ1) is 29.4. The number of hydrogen-bond acceptors (Lipinski definition) is 4. The molecule has 0 aliphatic heterocycles. The minimum absolute atomic E-state index is 0. The van der Waals surface area contributed by atoms with Crippen molar-refractivity contribution in [1.82, 2.24) is 0 Å². The summed E-state index contributed by atoms with van der Waals surface area (Å²) in [7, 11) is -5.17. The summed E-state index contributed by atoms with van der Waals surface area (Å²) in [5.74, 6) is 0. The molecule has 0 aromatic carbocycles. The van der Waals surface area contributed by atoms with Crippen LogP contribution in [0, 0.1) is 0 Å². The van der Waals surface area contributed by atoms with Gasteiger partial charge in [-0.25, -0.2) is 0 Å². The minimum Gasteiger partial charge on any atom is -2.00 e. The van der Waals surface area contributed by atoms with E-state index in [1.165, 1.54) is 0 Å². The second-order valence-electron chi connectivity index (χ2n) is 0.408. The maximum atomic E-state index is 8.52. The second-order valence-corrected chi connectivity index (χ2v) is 1.22. The van der Waals surface area contributed by atoms with Crippen molar-refractivity contribution in [2.24, 2.45) is 0 Å². The fourth-order valence-electron chi connectivity index (χ4n) is 0. The van der Waals surface area contributed by atoms with Crippen LogP contribution in [0.25, 0.3) is 0 Å². The van der Waals surface area contributed by atoms with Crippen LogP contribution in [0.15, 0.2) is 0 Å². The molecule has 0 bridgehead atoms. The first-order valence-electron chi connectivity index (χ1n) is 0.667. The SMILES string of the molecule is O=S(=O)([O-])[O-].[Ca+2].[Ca+2].[Ca+2].[O-2]. The molecule has 0 spiro atoms. The van der Waals surface area contributed by atoms with Crippen molar-refractivity contribution in [2.75, 3.05) is 0 Å². The zero-order valence-electron chi connectivity index (χ0n) is 4.57. The third-order valence-corrected chi connectivity index (χ3v) is 0. The van der Waals surface area contributed by atoms with Crippen LogP contribution in [0.4, 0.5) is 0 Å². The standard InChI is InChI=1S/3Ca.H2O4S.O/c;;;1-5(2,3)4;/h;;;(H2,1,2,3,4);/q3*+2;;-2/p-2. The average Bonchev–Trinajstić information content (AvgIpc) is 0.722. The molecule has 0 saturated heterocycles. The maximum absolute atomic E-state index is 8.52. The van der Waals surface area contributed by atoms with Crippen LogP contribution >= 0.6 is 0 Å². The second kappa shape index (κ2) is 14.2. The van der Waals surface area contributed by atoms with Crippen LogP contribution in [-0.2, 0) is 15.9 Å². The molecule has 0 N–H and O–H groups in total. The van der Waals surface area contributed by atoms with Crippen LogP contribution in [0.3, 0.4) is 0 Å². The molecule has 0 rings (SSSR count). The van der Waals surface area contributed by atoms with Crippen LogP contribution in [0.1, 0.15) is 0 Å². The molecule has 0 saturated carbocycles. The van der Waals surface area contributed by atoms with Gasteiger partial charge in [0.1, 0.15) is 0 Å². The quantitative estimate of drug-likeness (QED) is 0.259. The van der Waals surface area contributed by atoms with E-state index < -0.39 is 10.4 Å². The molecule has 0 unspecified atom stereocenters. The minimum atomic E-state index is -5.17. The smallest absolute Gasteiger partial charge is 2.00 e. The normalized spacial score (nSPS) is 6.44. The van der Waals surface area contributed by atoms with Gasteiger partial charge in [0.15, 0.2) is 0 Å².